The summed E-state index contributed by atoms with van der Waals surface area (Å²) >= 11 is 0. The molecule has 1 aliphatic rings. The minimum Gasteiger partial charge on any atom is -0.394 e. The van der Waals surface area contributed by atoms with E-state index in [0.29, 0.717) is 6.04 Å². The molecule has 0 aromatic heterocycles. The summed E-state index contributed by atoms with van der Waals surface area (Å²) in [6.45, 7) is 9.00. The van der Waals surface area contributed by atoms with E-state index in [1.807, 2.05) is 0 Å². The van der Waals surface area contributed by atoms with Crippen LogP contribution >= 0.6 is 0 Å². The quantitative estimate of drug-likeness (QED) is 0.648. The molecule has 1 atom stereocenters. The maximum absolute atomic E-state index is 9.48. The summed E-state index contributed by atoms with van der Waals surface area (Å²) in [6, 6.07) is 0.427. The molecule has 102 valence electrons. The SMILES string of the molecule is CC(C)NC(C)(CO)CCCN(C)CC1CC1. The average Bonchev–Trinajstić information content (AvgIpc) is 3.00. The molecular formula is C14H30N2O. The lowest BCUT2D eigenvalue weighted by atomic mass is 9.95. The first-order chi connectivity index (χ1) is 7.95. The molecule has 0 aromatic rings. The van der Waals surface area contributed by atoms with Gasteiger partial charge in [0.25, 0.3) is 0 Å². The van der Waals surface area contributed by atoms with E-state index in [9.17, 15) is 5.11 Å². The van der Waals surface area contributed by atoms with E-state index in [0.717, 1.165) is 25.3 Å². The zero-order valence-corrected chi connectivity index (χ0v) is 12.0. The van der Waals surface area contributed by atoms with Gasteiger partial charge >= 0.3 is 0 Å². The summed E-state index contributed by atoms with van der Waals surface area (Å²) in [7, 11) is 2.21. The highest BCUT2D eigenvalue weighted by atomic mass is 16.3. The summed E-state index contributed by atoms with van der Waals surface area (Å²) in [4.78, 5) is 2.44. The summed E-state index contributed by atoms with van der Waals surface area (Å²) in [5.74, 6) is 0.970. The molecule has 1 fully saturated rings. The number of aliphatic hydroxyl groups excluding tert-OH is 1. The number of rotatable bonds is 9. The average molecular weight is 242 g/mol. The van der Waals surface area contributed by atoms with Gasteiger partial charge in [-0.1, -0.05) is 13.8 Å². The van der Waals surface area contributed by atoms with Gasteiger partial charge in [0.1, 0.15) is 0 Å². The molecule has 2 N–H and O–H groups in total. The van der Waals surface area contributed by atoms with Gasteiger partial charge in [0, 0.05) is 18.1 Å². The van der Waals surface area contributed by atoms with Crippen LogP contribution in [0.15, 0.2) is 0 Å². The molecule has 0 bridgehead atoms. The topological polar surface area (TPSA) is 35.5 Å². The van der Waals surface area contributed by atoms with Crippen LogP contribution in [0.1, 0.15) is 46.5 Å². The van der Waals surface area contributed by atoms with Crippen LogP contribution in [0.25, 0.3) is 0 Å². The first-order valence-corrected chi connectivity index (χ1v) is 7.02. The molecular weight excluding hydrogens is 212 g/mol. The van der Waals surface area contributed by atoms with Crippen molar-refractivity contribution < 1.29 is 5.11 Å². The Kier molecular flexibility index (Phi) is 5.90. The molecule has 0 radical (unpaired) electrons. The third kappa shape index (κ3) is 6.39. The van der Waals surface area contributed by atoms with Crippen LogP contribution in [0, 0.1) is 5.92 Å². The second kappa shape index (κ2) is 6.72. The minimum atomic E-state index is -0.116. The third-order valence-corrected chi connectivity index (χ3v) is 3.52. The molecule has 0 amide bonds. The van der Waals surface area contributed by atoms with E-state index in [2.05, 4.69) is 38.0 Å². The smallest absolute Gasteiger partial charge is 0.0610 e. The van der Waals surface area contributed by atoms with Crippen molar-refractivity contribution in [3.8, 4) is 0 Å². The van der Waals surface area contributed by atoms with Crippen molar-refractivity contribution in [2.24, 2.45) is 5.92 Å². The van der Waals surface area contributed by atoms with Crippen LogP contribution in [0.4, 0.5) is 0 Å². The monoisotopic (exact) mass is 242 g/mol. The Balaban J connectivity index is 2.16. The van der Waals surface area contributed by atoms with Crippen LogP contribution < -0.4 is 5.32 Å². The van der Waals surface area contributed by atoms with Crippen molar-refractivity contribution in [2.45, 2.75) is 58.0 Å². The molecule has 1 saturated carbocycles. The molecule has 0 saturated heterocycles. The standard InChI is InChI=1S/C14H30N2O/c1-12(2)15-14(3,11-17)8-5-9-16(4)10-13-6-7-13/h12-13,15,17H,5-11H2,1-4H3. The van der Waals surface area contributed by atoms with E-state index < -0.39 is 0 Å². The van der Waals surface area contributed by atoms with Gasteiger partial charge in [-0.3, -0.25) is 0 Å². The second-order valence-corrected chi connectivity index (χ2v) is 6.33. The maximum atomic E-state index is 9.48. The predicted molar refractivity (Wildman–Crippen MR) is 73.2 cm³/mol. The Bertz CT molecular complexity index is 216. The highest BCUT2D eigenvalue weighted by Crippen LogP contribution is 2.29. The zero-order valence-electron chi connectivity index (χ0n) is 12.0. The lowest BCUT2D eigenvalue weighted by Crippen LogP contribution is -2.49. The number of nitrogens with zero attached hydrogens (tertiary/aromatic N) is 1. The highest BCUT2D eigenvalue weighted by molar-refractivity contribution is 4.84. The van der Waals surface area contributed by atoms with E-state index in [4.69, 9.17) is 0 Å². The first kappa shape index (κ1) is 14.9. The Morgan fingerprint density at radius 3 is 2.53 bits per heavy atom. The Hall–Kier alpha value is -0.120. The molecule has 3 nitrogen and oxygen atoms in total. The lowest BCUT2D eigenvalue weighted by Gasteiger charge is -2.32. The molecule has 0 heterocycles. The van der Waals surface area contributed by atoms with Crippen molar-refractivity contribution in [3.63, 3.8) is 0 Å². The summed E-state index contributed by atoms with van der Waals surface area (Å²) in [5.41, 5.74) is -0.116. The van der Waals surface area contributed by atoms with E-state index >= 15 is 0 Å². The fourth-order valence-corrected chi connectivity index (χ4v) is 2.47. The van der Waals surface area contributed by atoms with Crippen molar-refractivity contribution >= 4 is 0 Å². The van der Waals surface area contributed by atoms with Crippen LogP contribution in [0.3, 0.4) is 0 Å². The molecule has 1 rings (SSSR count). The number of aliphatic hydroxyl groups is 1. The van der Waals surface area contributed by atoms with Crippen molar-refractivity contribution in [3.05, 3.63) is 0 Å². The predicted octanol–water partition coefficient (Wildman–Crippen LogP) is 1.86. The lowest BCUT2D eigenvalue weighted by molar-refractivity contribution is 0.150. The number of hydrogen-bond acceptors (Lipinski definition) is 3. The molecule has 1 aliphatic carbocycles. The first-order valence-electron chi connectivity index (χ1n) is 7.02. The molecule has 3 heteroatoms. The van der Waals surface area contributed by atoms with E-state index in [-0.39, 0.29) is 12.1 Å². The van der Waals surface area contributed by atoms with Crippen molar-refractivity contribution in [1.82, 2.24) is 10.2 Å². The van der Waals surface area contributed by atoms with Gasteiger partial charge < -0.3 is 15.3 Å². The molecule has 0 spiro atoms. The maximum Gasteiger partial charge on any atom is 0.0610 e. The molecule has 0 aliphatic heterocycles. The van der Waals surface area contributed by atoms with Gasteiger partial charge in [-0.15, -0.1) is 0 Å². The van der Waals surface area contributed by atoms with Crippen LogP contribution in [-0.4, -0.2) is 48.3 Å². The second-order valence-electron chi connectivity index (χ2n) is 6.33. The fraction of sp³-hybridized carbons (Fsp3) is 1.00. The van der Waals surface area contributed by atoms with E-state index in [1.165, 1.54) is 19.4 Å². The van der Waals surface area contributed by atoms with Crippen LogP contribution in [-0.2, 0) is 0 Å². The van der Waals surface area contributed by atoms with Gasteiger partial charge in [-0.05, 0) is 52.1 Å². The van der Waals surface area contributed by atoms with Gasteiger partial charge in [0.05, 0.1) is 6.61 Å². The fourth-order valence-electron chi connectivity index (χ4n) is 2.47. The third-order valence-electron chi connectivity index (χ3n) is 3.52. The van der Waals surface area contributed by atoms with Crippen molar-refractivity contribution in [2.75, 3.05) is 26.7 Å². The van der Waals surface area contributed by atoms with Crippen molar-refractivity contribution in [1.29, 1.82) is 0 Å². The molecule has 0 aromatic carbocycles. The van der Waals surface area contributed by atoms with Gasteiger partial charge in [0.15, 0.2) is 0 Å². The van der Waals surface area contributed by atoms with E-state index in [1.54, 1.807) is 0 Å². The van der Waals surface area contributed by atoms with Crippen LogP contribution in [0.2, 0.25) is 0 Å². The largest absolute Gasteiger partial charge is 0.394 e. The van der Waals surface area contributed by atoms with Gasteiger partial charge in [-0.25, -0.2) is 0 Å². The van der Waals surface area contributed by atoms with Crippen LogP contribution in [0.5, 0.6) is 0 Å². The summed E-state index contributed by atoms with van der Waals surface area (Å²) in [6.07, 6.45) is 5.04. The van der Waals surface area contributed by atoms with Gasteiger partial charge in [0.2, 0.25) is 0 Å². The minimum absolute atomic E-state index is 0.116. The molecule has 1 unspecified atom stereocenters. The normalized spacial score (nSPS) is 19.9. The Labute approximate surface area is 107 Å². The molecule has 17 heavy (non-hydrogen) atoms. The number of nitrogens with one attached hydrogen (secondary N) is 1. The van der Waals surface area contributed by atoms with Gasteiger partial charge in [-0.2, -0.15) is 0 Å². The zero-order chi connectivity index (χ0) is 12.9. The Morgan fingerprint density at radius 2 is 2.06 bits per heavy atom. The Morgan fingerprint density at radius 1 is 1.41 bits per heavy atom. The summed E-state index contributed by atoms with van der Waals surface area (Å²) < 4.78 is 0. The summed E-state index contributed by atoms with van der Waals surface area (Å²) in [5, 5.41) is 12.9. The highest BCUT2D eigenvalue weighted by Gasteiger charge is 2.25. The number of hydrogen-bond donors (Lipinski definition) is 2.